The fraction of sp³-hybridized carbons (Fsp3) is 0. The monoisotopic (exact) mass is 1460 g/mol. The quantitative estimate of drug-likeness (QED) is 0.0729. The number of hydrogen-bond acceptors (Lipinski definition) is 2. The van der Waals surface area contributed by atoms with Gasteiger partial charge in [-0.25, -0.2) is 0 Å². The van der Waals surface area contributed by atoms with Gasteiger partial charge in [0.1, 0.15) is 0 Å². The number of rotatable bonds is 11. The number of fused-ring (bicyclic) bond motifs is 12. The van der Waals surface area contributed by atoms with Crippen molar-refractivity contribution in [2.45, 2.75) is 0 Å². The first-order chi connectivity index (χ1) is 57.1. The molecule has 5 heteroatoms. The Morgan fingerprint density at radius 1 is 0.183 bits per heavy atom. The van der Waals surface area contributed by atoms with E-state index in [4.69, 9.17) is 0 Å². The van der Waals surface area contributed by atoms with E-state index in [1.165, 1.54) is 86.6 Å². The summed E-state index contributed by atoms with van der Waals surface area (Å²) in [5.74, 6) is 0. The summed E-state index contributed by atoms with van der Waals surface area (Å²) in [4.78, 5) is 5.46. The lowest BCUT2D eigenvalue weighted by atomic mass is 9.33. The van der Waals surface area contributed by atoms with Crippen molar-refractivity contribution in [3.8, 4) is 89.3 Å². The zero-order valence-corrected chi connectivity index (χ0v) is 62.7. The molecule has 24 rings (SSSR count). The maximum absolute atomic E-state index is 2.74. The second-order valence-corrected chi connectivity index (χ2v) is 30.9. The number of anilines is 6. The highest BCUT2D eigenvalue weighted by Crippen LogP contribution is 2.57. The van der Waals surface area contributed by atoms with Gasteiger partial charge in [0.2, 0.25) is 0 Å². The average Bonchev–Trinajstić information content (AvgIpc) is 1.33. The number of benzene rings is 20. The lowest BCUT2D eigenvalue weighted by molar-refractivity contribution is 1.15. The van der Waals surface area contributed by atoms with Crippen LogP contribution < -0.4 is 26.2 Å². The fourth-order valence-corrected chi connectivity index (χ4v) is 19.9. The van der Waals surface area contributed by atoms with Crippen LogP contribution >= 0.6 is 0 Å². The second-order valence-electron chi connectivity index (χ2n) is 30.9. The highest BCUT2D eigenvalue weighted by Gasteiger charge is 2.46. The van der Waals surface area contributed by atoms with Gasteiger partial charge < -0.3 is 18.9 Å². The van der Waals surface area contributed by atoms with Crippen molar-refractivity contribution in [3.63, 3.8) is 0 Å². The van der Waals surface area contributed by atoms with Gasteiger partial charge in [-0.3, -0.25) is 0 Å². The fourth-order valence-electron chi connectivity index (χ4n) is 19.9. The van der Waals surface area contributed by atoms with Crippen LogP contribution in [0.3, 0.4) is 0 Å². The van der Waals surface area contributed by atoms with Gasteiger partial charge in [0, 0.05) is 72.2 Å². The molecule has 2 aliphatic rings. The Hall–Kier alpha value is -15.0. The minimum Gasteiger partial charge on any atom is -0.310 e. The van der Waals surface area contributed by atoms with Crippen molar-refractivity contribution in [2.24, 2.45) is 0 Å². The molecule has 0 atom stereocenters. The highest BCUT2D eigenvalue weighted by atomic mass is 15.2. The third-order valence-electron chi connectivity index (χ3n) is 24.8. The summed E-state index contributed by atoms with van der Waals surface area (Å²) in [5, 5.41) is 14.9. The molecule has 0 unspecified atom stereocenters. The number of aromatic nitrogens is 2. The molecule has 22 aromatic rings. The van der Waals surface area contributed by atoms with Crippen molar-refractivity contribution in [1.82, 2.24) is 9.13 Å². The Bertz CT molecular complexity index is 7470. The number of nitrogens with zero attached hydrogens (tertiary/aromatic N) is 4. The van der Waals surface area contributed by atoms with E-state index in [1.54, 1.807) is 0 Å². The number of para-hydroxylation sites is 4. The molecule has 0 spiro atoms. The van der Waals surface area contributed by atoms with Crippen LogP contribution in [0.25, 0.3) is 176 Å². The molecular weight excluding hydrogens is 1390 g/mol. The predicted octanol–water partition coefficient (Wildman–Crippen LogP) is 27.7. The van der Waals surface area contributed by atoms with Crippen molar-refractivity contribution in [3.05, 3.63) is 419 Å². The minimum absolute atomic E-state index is 0.328. The van der Waals surface area contributed by atoms with Crippen LogP contribution in [-0.4, -0.2) is 15.8 Å². The van der Waals surface area contributed by atoms with Crippen LogP contribution in [0.1, 0.15) is 0 Å². The second kappa shape index (κ2) is 25.8. The summed E-state index contributed by atoms with van der Waals surface area (Å²) >= 11 is 0. The average molecular weight is 1460 g/mol. The molecular formula is C110H69BN4. The lowest BCUT2D eigenvalue weighted by Crippen LogP contribution is -2.61. The van der Waals surface area contributed by atoms with Gasteiger partial charge in [0.05, 0.1) is 39.1 Å². The summed E-state index contributed by atoms with van der Waals surface area (Å²) in [6.45, 7) is -0.328. The van der Waals surface area contributed by atoms with Crippen LogP contribution in [0.2, 0.25) is 0 Å². The minimum atomic E-state index is -0.328. The molecule has 0 saturated heterocycles. The van der Waals surface area contributed by atoms with E-state index in [0.29, 0.717) is 0 Å². The Kier molecular flexibility index (Phi) is 14.5. The molecule has 2 aromatic heterocycles. The Labute approximate surface area is 666 Å². The Morgan fingerprint density at radius 2 is 0.522 bits per heavy atom. The van der Waals surface area contributed by atoms with Crippen LogP contribution in [0.4, 0.5) is 34.1 Å². The van der Waals surface area contributed by atoms with Gasteiger partial charge in [0.25, 0.3) is 6.71 Å². The Balaban J connectivity index is 0.905. The van der Waals surface area contributed by atoms with Crippen LogP contribution in [-0.2, 0) is 0 Å². The Morgan fingerprint density at radius 3 is 0.957 bits per heavy atom. The molecule has 0 saturated carbocycles. The smallest absolute Gasteiger partial charge is 0.252 e. The number of hydrogen-bond donors (Lipinski definition) is 0. The zero-order valence-electron chi connectivity index (χ0n) is 62.7. The van der Waals surface area contributed by atoms with E-state index in [-0.39, 0.29) is 6.71 Å². The van der Waals surface area contributed by atoms with E-state index in [2.05, 4.69) is 438 Å². The third-order valence-corrected chi connectivity index (χ3v) is 24.8. The molecule has 0 radical (unpaired) electrons. The SMILES string of the molecule is c1ccc(-c2cc(-c3ccccc3)c(N3c4cc(-c5ccc6cccc7c8cccc9cccc(c5c67)c98)ccc4B4c5ccc(-n6c7ccccc7c7ccccc76)cc5N(c5c(-c6ccccc6)cc(-c6ccccc6)cc5-c5ccccc5)c5cc(-n6c7ccccc7c7ccccc76)cc3c54)c(-c3ccccc3)c2)cc1. The van der Waals surface area contributed by atoms with Crippen molar-refractivity contribution < 1.29 is 0 Å². The molecule has 4 heterocycles. The van der Waals surface area contributed by atoms with Gasteiger partial charge in [-0.15, -0.1) is 0 Å². The molecule has 0 N–H and O–H groups in total. The van der Waals surface area contributed by atoms with Gasteiger partial charge >= 0.3 is 0 Å². The van der Waals surface area contributed by atoms with Crippen LogP contribution in [0, 0.1) is 0 Å². The maximum Gasteiger partial charge on any atom is 0.252 e. The van der Waals surface area contributed by atoms with E-state index < -0.39 is 0 Å². The summed E-state index contributed by atoms with van der Waals surface area (Å²) in [7, 11) is 0. The van der Waals surface area contributed by atoms with Gasteiger partial charge in [0.15, 0.2) is 0 Å². The molecule has 0 fully saturated rings. The van der Waals surface area contributed by atoms with Crippen LogP contribution in [0.15, 0.2) is 419 Å². The van der Waals surface area contributed by atoms with Gasteiger partial charge in [-0.1, -0.05) is 340 Å². The maximum atomic E-state index is 2.74. The van der Waals surface area contributed by atoms with Gasteiger partial charge in [-0.05, 0) is 194 Å². The van der Waals surface area contributed by atoms with Gasteiger partial charge in [-0.2, -0.15) is 0 Å². The van der Waals surface area contributed by atoms with Crippen LogP contribution in [0.5, 0.6) is 0 Å². The predicted molar refractivity (Wildman–Crippen MR) is 488 cm³/mol. The normalized spacial score (nSPS) is 12.5. The molecule has 532 valence electrons. The van der Waals surface area contributed by atoms with E-state index >= 15 is 0 Å². The molecule has 20 aromatic carbocycles. The molecule has 0 amide bonds. The summed E-state index contributed by atoms with van der Waals surface area (Å²) < 4.78 is 5.06. The molecule has 0 aliphatic carbocycles. The molecule has 115 heavy (non-hydrogen) atoms. The largest absolute Gasteiger partial charge is 0.310 e. The first kappa shape index (κ1) is 64.8. The van der Waals surface area contributed by atoms with E-state index in [0.717, 1.165) is 140 Å². The standard InChI is InChI=1S/C110H69BN4/c1-7-30-70(31-8-1)79-62-91(72-34-11-3-12-35-72)109(92(63-79)73-36-13-4-14-37-73)114-101-66-78(83-59-56-77-44-28-50-89-88-49-27-42-76-43-29-51-90(105(76)88)107(83)106(77)89)57-60-95(101)111-96-61-58-81(112-97-52-23-19-45-84(97)85-46-20-24-53-98(85)112)67-102(96)115(104-69-82(68-103(114)108(104)111)113-99-54-25-21-47-86(99)87-48-22-26-55-100(87)113)110-93(74-38-15-5-16-39-74)64-80(71-32-9-2-10-33-71)65-94(110)75-40-17-6-18-41-75/h1-69H. The highest BCUT2D eigenvalue weighted by molar-refractivity contribution is 7.00. The summed E-state index contributed by atoms with van der Waals surface area (Å²) in [6, 6.07) is 158. The molecule has 2 aliphatic heterocycles. The molecule has 4 nitrogen and oxygen atoms in total. The molecule has 0 bridgehead atoms. The first-order valence-electron chi connectivity index (χ1n) is 39.9. The third kappa shape index (κ3) is 9.94. The summed E-state index contributed by atoms with van der Waals surface area (Å²) in [5.41, 5.74) is 32.5. The first-order valence-corrected chi connectivity index (χ1v) is 39.9. The van der Waals surface area contributed by atoms with Crippen molar-refractivity contribution in [1.29, 1.82) is 0 Å². The summed E-state index contributed by atoms with van der Waals surface area (Å²) in [6.07, 6.45) is 0. The zero-order chi connectivity index (χ0) is 75.3. The lowest BCUT2D eigenvalue weighted by Gasteiger charge is -2.46. The van der Waals surface area contributed by atoms with E-state index in [1.807, 2.05) is 0 Å². The topological polar surface area (TPSA) is 16.3 Å². The van der Waals surface area contributed by atoms with Crippen molar-refractivity contribution in [2.75, 3.05) is 9.80 Å². The van der Waals surface area contributed by atoms with E-state index in [9.17, 15) is 0 Å². The van der Waals surface area contributed by atoms with Crippen molar-refractivity contribution >= 4 is 144 Å².